The highest BCUT2D eigenvalue weighted by Crippen LogP contribution is 2.22. The molecular weight excluding hydrogens is 370 g/mol. The number of H-pyrrole nitrogens is 1. The molecular formula is C21H19N5O3. The van der Waals surface area contributed by atoms with Gasteiger partial charge < -0.3 is 10.1 Å². The first-order valence-corrected chi connectivity index (χ1v) is 9.14. The zero-order valence-electron chi connectivity index (χ0n) is 16.0. The first-order valence-electron chi connectivity index (χ1n) is 9.14. The molecule has 2 N–H and O–H groups in total. The maximum atomic E-state index is 12.6. The number of nitrogens with one attached hydrogen (secondary N) is 2. The first kappa shape index (κ1) is 18.4. The molecule has 0 unspecified atom stereocenters. The second kappa shape index (κ2) is 7.59. The average Bonchev–Trinajstić information content (AvgIpc) is 3.35. The third-order valence-corrected chi connectivity index (χ3v) is 4.60. The maximum Gasteiger partial charge on any atom is 0.341 e. The van der Waals surface area contributed by atoms with Crippen LogP contribution in [0.5, 0.6) is 0 Å². The number of para-hydroxylation sites is 1. The predicted molar refractivity (Wildman–Crippen MR) is 108 cm³/mol. The third-order valence-electron chi connectivity index (χ3n) is 4.60. The van der Waals surface area contributed by atoms with E-state index in [1.165, 1.54) is 6.20 Å². The Balaban J connectivity index is 1.54. The molecule has 0 aliphatic rings. The van der Waals surface area contributed by atoms with Crippen molar-refractivity contribution in [3.05, 3.63) is 71.7 Å². The molecule has 0 saturated heterocycles. The molecule has 0 bridgehead atoms. The molecule has 1 amide bonds. The van der Waals surface area contributed by atoms with E-state index >= 15 is 0 Å². The minimum Gasteiger partial charge on any atom is -0.462 e. The van der Waals surface area contributed by atoms with Crippen LogP contribution in [0.3, 0.4) is 0 Å². The van der Waals surface area contributed by atoms with Gasteiger partial charge in [0.1, 0.15) is 5.56 Å². The van der Waals surface area contributed by atoms with Crippen LogP contribution in [0.15, 0.2) is 54.9 Å². The van der Waals surface area contributed by atoms with Crippen LogP contribution in [0, 0.1) is 6.92 Å². The fourth-order valence-electron chi connectivity index (χ4n) is 3.10. The van der Waals surface area contributed by atoms with Crippen LogP contribution >= 0.6 is 0 Å². The zero-order chi connectivity index (χ0) is 20.4. The van der Waals surface area contributed by atoms with Crippen molar-refractivity contribution < 1.29 is 14.3 Å². The number of aromatic amines is 1. The van der Waals surface area contributed by atoms with Crippen molar-refractivity contribution in [2.24, 2.45) is 0 Å². The van der Waals surface area contributed by atoms with E-state index in [-0.39, 0.29) is 5.91 Å². The summed E-state index contributed by atoms with van der Waals surface area (Å²) in [6.07, 6.45) is 3.19. The molecule has 0 aliphatic heterocycles. The van der Waals surface area contributed by atoms with Crippen LogP contribution in [0.2, 0.25) is 0 Å². The third kappa shape index (κ3) is 3.47. The highest BCUT2D eigenvalue weighted by molar-refractivity contribution is 6.08. The summed E-state index contributed by atoms with van der Waals surface area (Å²) in [5.41, 5.74) is 3.77. The van der Waals surface area contributed by atoms with Gasteiger partial charge in [-0.05, 0) is 44.2 Å². The van der Waals surface area contributed by atoms with Crippen LogP contribution < -0.4 is 5.32 Å². The number of ether oxygens (including phenoxy) is 1. The topological polar surface area (TPSA) is 102 Å². The number of amides is 1. The normalized spacial score (nSPS) is 10.8. The molecule has 4 rings (SSSR count). The lowest BCUT2D eigenvalue weighted by Crippen LogP contribution is -2.12. The molecule has 0 radical (unpaired) electrons. The van der Waals surface area contributed by atoms with Crippen LogP contribution in [0.4, 0.5) is 5.69 Å². The van der Waals surface area contributed by atoms with Crippen LogP contribution in [0.1, 0.15) is 33.3 Å². The minimum absolute atomic E-state index is 0.233. The van der Waals surface area contributed by atoms with Gasteiger partial charge in [-0.15, -0.1) is 0 Å². The number of aromatic nitrogens is 4. The molecule has 0 fully saturated rings. The molecule has 0 saturated carbocycles. The quantitative estimate of drug-likeness (QED) is 0.509. The summed E-state index contributed by atoms with van der Waals surface area (Å²) in [5.74, 6) is -0.636. The van der Waals surface area contributed by atoms with Gasteiger partial charge in [0.2, 0.25) is 0 Å². The Labute approximate surface area is 166 Å². The van der Waals surface area contributed by atoms with Crippen molar-refractivity contribution in [1.82, 2.24) is 20.0 Å². The standard InChI is InChI=1S/C21H19N5O3/c1-3-29-21(28)17-12-23-26(13(17)2)16-9-7-14(8-10-16)20(27)24-18-6-4-5-15-11-22-25-19(15)18/h4-12H,3H2,1-2H3,(H,22,25)(H,24,27). The fourth-order valence-corrected chi connectivity index (χ4v) is 3.10. The minimum atomic E-state index is -0.403. The number of benzene rings is 2. The average molecular weight is 389 g/mol. The Morgan fingerprint density at radius 2 is 1.93 bits per heavy atom. The molecule has 8 nitrogen and oxygen atoms in total. The molecule has 2 aromatic carbocycles. The van der Waals surface area contributed by atoms with Gasteiger partial charge in [-0.2, -0.15) is 10.2 Å². The Bertz CT molecular complexity index is 1190. The van der Waals surface area contributed by atoms with E-state index < -0.39 is 5.97 Å². The van der Waals surface area contributed by atoms with Crippen LogP contribution in [-0.2, 0) is 4.74 Å². The van der Waals surface area contributed by atoms with Gasteiger partial charge in [-0.3, -0.25) is 9.89 Å². The molecule has 146 valence electrons. The highest BCUT2D eigenvalue weighted by atomic mass is 16.5. The van der Waals surface area contributed by atoms with Gasteiger partial charge in [0.15, 0.2) is 0 Å². The van der Waals surface area contributed by atoms with Gasteiger partial charge in [0.25, 0.3) is 5.91 Å². The molecule has 0 spiro atoms. The van der Waals surface area contributed by atoms with Crippen LogP contribution in [-0.4, -0.2) is 38.5 Å². The Morgan fingerprint density at radius 1 is 1.14 bits per heavy atom. The van der Waals surface area contributed by atoms with Gasteiger partial charge >= 0.3 is 5.97 Å². The summed E-state index contributed by atoms with van der Waals surface area (Å²) in [5, 5.41) is 15.0. The molecule has 0 atom stereocenters. The summed E-state index contributed by atoms with van der Waals surface area (Å²) in [6, 6.07) is 12.6. The van der Waals surface area contributed by atoms with Gasteiger partial charge in [-0.25, -0.2) is 9.48 Å². The predicted octanol–water partition coefficient (Wildman–Crippen LogP) is 3.49. The van der Waals surface area contributed by atoms with E-state index in [1.54, 1.807) is 49.0 Å². The van der Waals surface area contributed by atoms with Crippen molar-refractivity contribution >= 4 is 28.5 Å². The van der Waals surface area contributed by atoms with Crippen molar-refractivity contribution in [2.45, 2.75) is 13.8 Å². The fraction of sp³-hybridized carbons (Fsp3) is 0.143. The largest absolute Gasteiger partial charge is 0.462 e. The van der Waals surface area contributed by atoms with Crippen molar-refractivity contribution in [1.29, 1.82) is 0 Å². The van der Waals surface area contributed by atoms with Crippen molar-refractivity contribution in [3.63, 3.8) is 0 Å². The maximum absolute atomic E-state index is 12.6. The summed E-state index contributed by atoms with van der Waals surface area (Å²) in [4.78, 5) is 24.6. The first-order chi connectivity index (χ1) is 14.1. The number of carbonyl (C=O) groups excluding carboxylic acids is 2. The molecule has 8 heteroatoms. The summed E-state index contributed by atoms with van der Waals surface area (Å²) in [6.45, 7) is 3.86. The smallest absolute Gasteiger partial charge is 0.341 e. The number of fused-ring (bicyclic) bond motifs is 1. The summed E-state index contributed by atoms with van der Waals surface area (Å²) < 4.78 is 6.68. The number of anilines is 1. The Hall–Kier alpha value is -3.94. The monoisotopic (exact) mass is 389 g/mol. The van der Waals surface area contributed by atoms with Gasteiger partial charge in [0.05, 0.1) is 41.6 Å². The number of hydrogen-bond acceptors (Lipinski definition) is 5. The number of hydrogen-bond donors (Lipinski definition) is 2. The van der Waals surface area contributed by atoms with E-state index in [9.17, 15) is 9.59 Å². The van der Waals surface area contributed by atoms with E-state index in [0.29, 0.717) is 29.1 Å². The highest BCUT2D eigenvalue weighted by Gasteiger charge is 2.16. The molecule has 29 heavy (non-hydrogen) atoms. The Kier molecular flexibility index (Phi) is 4.82. The van der Waals surface area contributed by atoms with E-state index in [2.05, 4.69) is 20.6 Å². The van der Waals surface area contributed by atoms with Crippen LogP contribution in [0.25, 0.3) is 16.6 Å². The second-order valence-electron chi connectivity index (χ2n) is 6.42. The van der Waals surface area contributed by atoms with Crippen molar-refractivity contribution in [3.8, 4) is 5.69 Å². The number of nitrogens with zero attached hydrogens (tertiary/aromatic N) is 3. The number of esters is 1. The summed E-state index contributed by atoms with van der Waals surface area (Å²) in [7, 11) is 0. The number of carbonyl (C=O) groups is 2. The zero-order valence-corrected chi connectivity index (χ0v) is 16.0. The lowest BCUT2D eigenvalue weighted by Gasteiger charge is -2.08. The molecule has 2 aromatic heterocycles. The van der Waals surface area contributed by atoms with Gasteiger partial charge in [0, 0.05) is 10.9 Å². The van der Waals surface area contributed by atoms with Crippen molar-refractivity contribution in [2.75, 3.05) is 11.9 Å². The molecule has 0 aliphatic carbocycles. The van der Waals surface area contributed by atoms with E-state index in [4.69, 9.17) is 4.74 Å². The lowest BCUT2D eigenvalue weighted by molar-refractivity contribution is 0.0525. The summed E-state index contributed by atoms with van der Waals surface area (Å²) >= 11 is 0. The molecule has 4 aromatic rings. The second-order valence-corrected chi connectivity index (χ2v) is 6.42. The molecule has 2 heterocycles. The van der Waals surface area contributed by atoms with E-state index in [0.717, 1.165) is 16.6 Å². The Morgan fingerprint density at radius 3 is 2.69 bits per heavy atom. The SMILES string of the molecule is CCOC(=O)c1cnn(-c2ccc(C(=O)Nc3cccc4cn[nH]c34)cc2)c1C. The lowest BCUT2D eigenvalue weighted by atomic mass is 10.1. The van der Waals surface area contributed by atoms with E-state index in [1.807, 2.05) is 18.2 Å². The number of rotatable bonds is 5. The van der Waals surface area contributed by atoms with Gasteiger partial charge in [-0.1, -0.05) is 12.1 Å².